The monoisotopic (exact) mass is 345 g/mol. The number of likely N-dealkylation sites (tertiary alicyclic amines) is 1. The fourth-order valence-electron chi connectivity index (χ4n) is 4.30. The van der Waals surface area contributed by atoms with E-state index >= 15 is 0 Å². The molecule has 0 radical (unpaired) electrons. The lowest BCUT2D eigenvalue weighted by Crippen LogP contribution is -2.34. The Kier molecular flexibility index (Phi) is 6.43. The molecule has 5 nitrogen and oxygen atoms in total. The van der Waals surface area contributed by atoms with Gasteiger partial charge in [0.05, 0.1) is 0 Å². The third-order valence-electron chi connectivity index (χ3n) is 5.76. The van der Waals surface area contributed by atoms with Gasteiger partial charge in [-0.15, -0.1) is 0 Å². The molecule has 2 fully saturated rings. The van der Waals surface area contributed by atoms with Crippen molar-refractivity contribution >= 4 is 5.91 Å². The lowest BCUT2D eigenvalue weighted by molar-refractivity contribution is -0.131. The number of rotatable bonds is 6. The Morgan fingerprint density at radius 1 is 1.44 bits per heavy atom. The molecule has 3 atom stereocenters. The minimum atomic E-state index is 0.269. The fraction of sp³-hybridized carbons (Fsp3) is 0.700. The van der Waals surface area contributed by atoms with Gasteiger partial charge in [0, 0.05) is 51.7 Å². The summed E-state index contributed by atoms with van der Waals surface area (Å²) in [6.45, 7) is 3.61. The van der Waals surface area contributed by atoms with Crippen LogP contribution >= 0.6 is 0 Å². The van der Waals surface area contributed by atoms with Crippen molar-refractivity contribution in [2.75, 3.05) is 40.4 Å². The average Bonchev–Trinajstić information content (AvgIpc) is 3.01. The van der Waals surface area contributed by atoms with Gasteiger partial charge in [0.15, 0.2) is 0 Å². The molecule has 0 saturated carbocycles. The van der Waals surface area contributed by atoms with E-state index in [0.717, 1.165) is 45.6 Å². The number of ether oxygens (including phenoxy) is 1. The summed E-state index contributed by atoms with van der Waals surface area (Å²) in [5, 5.41) is 0. The first-order chi connectivity index (χ1) is 12.1. The van der Waals surface area contributed by atoms with Gasteiger partial charge >= 0.3 is 0 Å². The van der Waals surface area contributed by atoms with Gasteiger partial charge in [-0.25, -0.2) is 0 Å². The molecule has 2 saturated heterocycles. The molecule has 0 spiro atoms. The second-order valence-corrected chi connectivity index (χ2v) is 7.66. The minimum absolute atomic E-state index is 0.269. The Hall–Kier alpha value is -1.46. The molecule has 3 heterocycles. The zero-order valence-corrected chi connectivity index (χ0v) is 15.6. The van der Waals surface area contributed by atoms with Gasteiger partial charge in [0.25, 0.3) is 0 Å². The highest BCUT2D eigenvalue weighted by atomic mass is 16.5. The molecule has 5 heteroatoms. The number of pyridine rings is 1. The first-order valence-corrected chi connectivity index (χ1v) is 9.57. The standard InChI is InChI=1S/C20H31N3O2/c1-22-11-9-18(20(22)17-6-3-10-21-13-17)14-23(2)19(24)8-7-16-5-4-12-25-15-16/h3,6,10,13,16,18,20H,4-5,7-9,11-12,14-15H2,1-2H3/t16-,18+,20+/m1/s1. The molecular weight excluding hydrogens is 314 g/mol. The molecule has 0 bridgehead atoms. The molecule has 25 heavy (non-hydrogen) atoms. The second kappa shape index (κ2) is 8.77. The quantitative estimate of drug-likeness (QED) is 0.795. The number of nitrogens with zero attached hydrogens (tertiary/aromatic N) is 3. The van der Waals surface area contributed by atoms with Crippen molar-refractivity contribution in [3.8, 4) is 0 Å². The maximum absolute atomic E-state index is 12.6. The number of carbonyl (C=O) groups excluding carboxylic acids is 1. The number of amides is 1. The first kappa shape index (κ1) is 18.3. The van der Waals surface area contributed by atoms with E-state index in [1.54, 1.807) is 0 Å². The van der Waals surface area contributed by atoms with Gasteiger partial charge in [-0.05, 0) is 62.7 Å². The Bertz CT molecular complexity index is 545. The van der Waals surface area contributed by atoms with Crippen LogP contribution in [0.1, 0.15) is 43.7 Å². The number of hydrogen-bond donors (Lipinski definition) is 0. The molecule has 0 unspecified atom stereocenters. The predicted molar refractivity (Wildman–Crippen MR) is 98.1 cm³/mol. The lowest BCUT2D eigenvalue weighted by atomic mass is 9.93. The van der Waals surface area contributed by atoms with E-state index in [0.29, 0.717) is 24.3 Å². The summed E-state index contributed by atoms with van der Waals surface area (Å²) in [4.78, 5) is 21.2. The van der Waals surface area contributed by atoms with Gasteiger partial charge < -0.3 is 9.64 Å². The third-order valence-corrected chi connectivity index (χ3v) is 5.76. The summed E-state index contributed by atoms with van der Waals surface area (Å²) in [5.74, 6) is 1.30. The summed E-state index contributed by atoms with van der Waals surface area (Å²) >= 11 is 0. The van der Waals surface area contributed by atoms with Gasteiger partial charge in [-0.1, -0.05) is 6.07 Å². The molecule has 0 aliphatic carbocycles. The Morgan fingerprint density at radius 3 is 3.04 bits per heavy atom. The van der Waals surface area contributed by atoms with Crippen molar-refractivity contribution in [2.45, 2.75) is 38.1 Å². The summed E-state index contributed by atoms with van der Waals surface area (Å²) in [6, 6.07) is 4.51. The van der Waals surface area contributed by atoms with Gasteiger partial charge in [-0.2, -0.15) is 0 Å². The van der Waals surface area contributed by atoms with E-state index in [1.165, 1.54) is 12.0 Å². The van der Waals surface area contributed by atoms with E-state index in [-0.39, 0.29) is 5.91 Å². The van der Waals surface area contributed by atoms with Crippen LogP contribution in [-0.2, 0) is 9.53 Å². The summed E-state index contributed by atoms with van der Waals surface area (Å²) < 4.78 is 5.52. The topological polar surface area (TPSA) is 45.7 Å². The SMILES string of the molecule is CN(C[C@@H]1CCN(C)[C@H]1c1cccnc1)C(=O)CC[C@H]1CCCOC1. The normalized spacial score (nSPS) is 27.4. The van der Waals surface area contributed by atoms with E-state index < -0.39 is 0 Å². The van der Waals surface area contributed by atoms with E-state index in [9.17, 15) is 4.79 Å². The molecular formula is C20H31N3O2. The average molecular weight is 345 g/mol. The van der Waals surface area contributed by atoms with Crippen LogP contribution in [0.2, 0.25) is 0 Å². The maximum atomic E-state index is 12.6. The van der Waals surface area contributed by atoms with Gasteiger partial charge in [-0.3, -0.25) is 14.7 Å². The van der Waals surface area contributed by atoms with Crippen LogP contribution < -0.4 is 0 Å². The zero-order chi connectivity index (χ0) is 17.6. The van der Waals surface area contributed by atoms with Crippen molar-refractivity contribution in [1.29, 1.82) is 0 Å². The summed E-state index contributed by atoms with van der Waals surface area (Å²) in [6.07, 6.45) is 8.85. The van der Waals surface area contributed by atoms with Crippen LogP contribution in [0, 0.1) is 11.8 Å². The highest BCUT2D eigenvalue weighted by Crippen LogP contribution is 2.36. The van der Waals surface area contributed by atoms with Crippen LogP contribution in [-0.4, -0.2) is 61.1 Å². The van der Waals surface area contributed by atoms with E-state index in [4.69, 9.17) is 4.74 Å². The highest BCUT2D eigenvalue weighted by molar-refractivity contribution is 5.75. The van der Waals surface area contributed by atoms with Crippen LogP contribution in [0.4, 0.5) is 0 Å². The van der Waals surface area contributed by atoms with Gasteiger partial charge in [0.1, 0.15) is 0 Å². The Labute approximate surface area is 151 Å². The largest absolute Gasteiger partial charge is 0.381 e. The number of aromatic nitrogens is 1. The molecule has 0 aromatic carbocycles. The Morgan fingerprint density at radius 2 is 2.32 bits per heavy atom. The summed E-state index contributed by atoms with van der Waals surface area (Å²) in [5.41, 5.74) is 1.26. The molecule has 1 aromatic heterocycles. The van der Waals surface area contributed by atoms with Crippen LogP contribution in [0.5, 0.6) is 0 Å². The van der Waals surface area contributed by atoms with Crippen molar-refractivity contribution in [2.24, 2.45) is 11.8 Å². The lowest BCUT2D eigenvalue weighted by Gasteiger charge is -2.29. The van der Waals surface area contributed by atoms with Crippen molar-refractivity contribution in [1.82, 2.24) is 14.8 Å². The van der Waals surface area contributed by atoms with Crippen molar-refractivity contribution < 1.29 is 9.53 Å². The minimum Gasteiger partial charge on any atom is -0.381 e. The molecule has 0 N–H and O–H groups in total. The zero-order valence-electron chi connectivity index (χ0n) is 15.6. The Balaban J connectivity index is 1.52. The van der Waals surface area contributed by atoms with Crippen LogP contribution in [0.3, 0.4) is 0 Å². The number of carbonyl (C=O) groups is 1. The molecule has 2 aliphatic rings. The van der Waals surface area contributed by atoms with Crippen molar-refractivity contribution in [3.05, 3.63) is 30.1 Å². The van der Waals surface area contributed by atoms with E-state index in [2.05, 4.69) is 23.0 Å². The van der Waals surface area contributed by atoms with E-state index in [1.807, 2.05) is 30.4 Å². The van der Waals surface area contributed by atoms with Crippen molar-refractivity contribution in [3.63, 3.8) is 0 Å². The third kappa shape index (κ3) is 4.79. The van der Waals surface area contributed by atoms with Crippen LogP contribution in [0.15, 0.2) is 24.5 Å². The molecule has 138 valence electrons. The maximum Gasteiger partial charge on any atom is 0.222 e. The smallest absolute Gasteiger partial charge is 0.222 e. The second-order valence-electron chi connectivity index (χ2n) is 7.66. The molecule has 1 aromatic rings. The van der Waals surface area contributed by atoms with Gasteiger partial charge in [0.2, 0.25) is 5.91 Å². The highest BCUT2D eigenvalue weighted by Gasteiger charge is 2.34. The predicted octanol–water partition coefficient (Wildman–Crippen LogP) is 2.74. The fourth-order valence-corrected chi connectivity index (χ4v) is 4.30. The van der Waals surface area contributed by atoms with Crippen LogP contribution in [0.25, 0.3) is 0 Å². The molecule has 2 aliphatic heterocycles. The molecule has 3 rings (SSSR count). The summed E-state index contributed by atoms with van der Waals surface area (Å²) in [7, 11) is 4.13. The number of hydrogen-bond acceptors (Lipinski definition) is 4. The molecule has 1 amide bonds. The first-order valence-electron chi connectivity index (χ1n) is 9.57.